The lowest BCUT2D eigenvalue weighted by molar-refractivity contribution is 1.34. The van der Waals surface area contributed by atoms with Crippen LogP contribution in [0.5, 0.6) is 0 Å². The Morgan fingerprint density at radius 3 is 0.466 bits per heavy atom. The van der Waals surface area contributed by atoms with E-state index < -0.39 is 0 Å². The predicted molar refractivity (Wildman–Crippen MR) is 472 cm³/mol. The summed E-state index contributed by atoms with van der Waals surface area (Å²) in [6.45, 7) is 0. The molecule has 14 nitrogen and oxygen atoms in total. The van der Waals surface area contributed by atoms with Crippen LogP contribution < -0.4 is 0 Å². The highest BCUT2D eigenvalue weighted by atomic mass is 14.8. The molecule has 0 aliphatic carbocycles. The zero-order chi connectivity index (χ0) is 76.6. The molecule has 0 radical (unpaired) electrons. The average molecular weight is 1480 g/mol. The zero-order valence-electron chi connectivity index (χ0n) is 61.9. The van der Waals surface area contributed by atoms with Gasteiger partial charge in [-0.25, -0.2) is 34.9 Å². The van der Waals surface area contributed by atoms with Gasteiger partial charge in [-0.2, -0.15) is 0 Å². The molecule has 14 heterocycles. The maximum Gasteiger partial charge on any atom is 0.0972 e. The molecule has 0 aliphatic rings. The second-order valence-corrected chi connectivity index (χ2v) is 28.8. The van der Waals surface area contributed by atoms with Gasteiger partial charge in [0.05, 0.1) is 117 Å². The summed E-state index contributed by atoms with van der Waals surface area (Å²) in [7, 11) is 0. The van der Waals surface area contributed by atoms with E-state index in [1.807, 2.05) is 85.8 Å². The molecule has 538 valence electrons. The summed E-state index contributed by atoms with van der Waals surface area (Å²) >= 11 is 0. The number of aromatic nitrogens is 14. The van der Waals surface area contributed by atoms with Gasteiger partial charge in [0.1, 0.15) is 0 Å². The maximum atomic E-state index is 5.20. The van der Waals surface area contributed by atoms with Gasteiger partial charge in [0.15, 0.2) is 0 Å². The van der Waals surface area contributed by atoms with Gasteiger partial charge < -0.3 is 0 Å². The molecule has 14 heteroatoms. The maximum absolute atomic E-state index is 5.20. The van der Waals surface area contributed by atoms with Crippen molar-refractivity contribution in [2.24, 2.45) is 0 Å². The lowest BCUT2D eigenvalue weighted by Crippen LogP contribution is -1.94. The fourth-order valence-electron chi connectivity index (χ4n) is 15.9. The molecule has 10 aromatic carbocycles. The van der Waals surface area contributed by atoms with Crippen molar-refractivity contribution in [3.8, 4) is 78.8 Å². The Balaban J connectivity index is 0.000000108. The van der Waals surface area contributed by atoms with Crippen molar-refractivity contribution in [3.05, 3.63) is 365 Å². The van der Waals surface area contributed by atoms with E-state index in [2.05, 4.69) is 314 Å². The minimum atomic E-state index is 0.851. The average Bonchev–Trinajstić information content (AvgIpc) is 0.739. The lowest BCUT2D eigenvalue weighted by Gasteiger charge is -2.12. The first-order chi connectivity index (χ1) is 57.4. The molecule has 24 rings (SSSR count). The summed E-state index contributed by atoms with van der Waals surface area (Å²) in [5, 5.41) is 15.1. The fraction of sp³-hybridized carbons (Fsp3) is 0. The van der Waals surface area contributed by atoms with Crippen LogP contribution in [0.4, 0.5) is 0 Å². The first kappa shape index (κ1) is 66.9. The van der Waals surface area contributed by atoms with Crippen LogP contribution in [-0.4, -0.2) is 69.8 Å². The third-order valence-electron chi connectivity index (χ3n) is 21.8. The van der Waals surface area contributed by atoms with Crippen LogP contribution in [-0.2, 0) is 0 Å². The molecule has 24 aromatic rings. The highest BCUT2D eigenvalue weighted by molar-refractivity contribution is 6.10. The van der Waals surface area contributed by atoms with Crippen molar-refractivity contribution in [3.63, 3.8) is 0 Å². The molecular formula is C102H60N14. The van der Waals surface area contributed by atoms with Crippen molar-refractivity contribution < 1.29 is 0 Å². The highest BCUT2D eigenvalue weighted by Crippen LogP contribution is 2.39. The highest BCUT2D eigenvalue weighted by Gasteiger charge is 2.18. The van der Waals surface area contributed by atoms with E-state index in [0.717, 1.165) is 231 Å². The van der Waals surface area contributed by atoms with E-state index in [9.17, 15) is 0 Å². The molecule has 0 amide bonds. The van der Waals surface area contributed by atoms with Crippen LogP contribution in [0.25, 0.3) is 231 Å². The van der Waals surface area contributed by atoms with Crippen LogP contribution >= 0.6 is 0 Å². The minimum absolute atomic E-state index is 0.851. The quantitative estimate of drug-likeness (QED) is 0.137. The molecule has 0 aliphatic heterocycles. The molecule has 14 aromatic heterocycles. The number of hydrogen-bond acceptors (Lipinski definition) is 14. The number of benzene rings is 10. The Bertz CT molecular complexity index is 7540. The Kier molecular flexibility index (Phi) is 16.2. The van der Waals surface area contributed by atoms with Crippen LogP contribution in [0.15, 0.2) is 365 Å². The van der Waals surface area contributed by atoms with Crippen molar-refractivity contribution in [1.29, 1.82) is 0 Å². The normalized spacial score (nSPS) is 11.6. The van der Waals surface area contributed by atoms with Crippen molar-refractivity contribution in [2.75, 3.05) is 0 Å². The molecular weight excluding hydrogens is 1420 g/mol. The van der Waals surface area contributed by atoms with E-state index in [4.69, 9.17) is 34.9 Å². The van der Waals surface area contributed by atoms with Crippen LogP contribution in [0.3, 0.4) is 0 Å². The SMILES string of the molecule is c1cc(-c2ccc3ccc4cccnc4c3n2)cc(-c2ccc3ccc4cccnc4c3n2)c1.c1cnc2c(c1)ccc1ccc(-c3cc(-c4ccc5ccc6cccnc6c5n4)cc(-c4ccc5ccc6cccnc6c5n4)c3)nc12.c1cnc2c(c1)ccc1ccc(-c3ccc(-c4ccc5ccc6cccnc6c5n4)cc3)nc12. The molecule has 0 saturated carbocycles. The van der Waals surface area contributed by atoms with Gasteiger partial charge in [0, 0.05) is 158 Å². The topological polar surface area (TPSA) is 180 Å². The zero-order valence-corrected chi connectivity index (χ0v) is 61.9. The first-order valence-electron chi connectivity index (χ1n) is 38.3. The molecule has 0 spiro atoms. The molecule has 0 saturated heterocycles. The number of rotatable bonds is 7. The Labute approximate surface area is 662 Å². The third-order valence-corrected chi connectivity index (χ3v) is 21.8. The van der Waals surface area contributed by atoms with Gasteiger partial charge in [-0.15, -0.1) is 0 Å². The Morgan fingerprint density at radius 2 is 0.267 bits per heavy atom. The van der Waals surface area contributed by atoms with Gasteiger partial charge >= 0.3 is 0 Å². The standard InChI is InChI=1S/C42H24N6.2C30H18N4/c1-4-25-7-10-28-13-16-34(46-40(28)37(25)43-19-1)31-22-32(35-17-14-29-11-8-26-5-2-20-44-38(26)41(29)47-35)24-33(23-31)36-18-15-30-12-9-27-6-3-21-45-39(27)42(30)48-36;1-4-23(25-14-12-21-10-8-19-6-2-16-31-27(19)29(21)33-25)18-24(5-1)26-15-13-22-11-9-20-7-3-17-32-28(20)30(22)34-26;1-3-21-9-11-23-13-15-25(33-29(23)27(21)31-17-1)19-5-7-20(8-6-19)26-16-14-24-12-10-22-4-2-18-32-28(22)30(24)34-26/h1-24H;2*1-18H. The van der Waals surface area contributed by atoms with Crippen LogP contribution in [0.2, 0.25) is 0 Å². The summed E-state index contributed by atoms with van der Waals surface area (Å²) in [4.78, 5) is 67.9. The van der Waals surface area contributed by atoms with Crippen LogP contribution in [0, 0.1) is 0 Å². The summed E-state index contributed by atoms with van der Waals surface area (Å²) in [5.74, 6) is 0. The first-order valence-corrected chi connectivity index (χ1v) is 38.3. The molecule has 0 atom stereocenters. The summed E-state index contributed by atoms with van der Waals surface area (Å²) in [5.41, 5.74) is 26.1. The van der Waals surface area contributed by atoms with Gasteiger partial charge in [0.25, 0.3) is 0 Å². The van der Waals surface area contributed by atoms with Crippen molar-refractivity contribution in [2.45, 2.75) is 0 Å². The number of pyridine rings is 14. The van der Waals surface area contributed by atoms with E-state index in [1.165, 1.54) is 0 Å². The third kappa shape index (κ3) is 12.2. The number of nitrogens with zero attached hydrogens (tertiary/aromatic N) is 14. The number of fused-ring (bicyclic) bond motifs is 21. The van der Waals surface area contributed by atoms with E-state index in [-0.39, 0.29) is 0 Å². The van der Waals surface area contributed by atoms with Crippen molar-refractivity contribution in [1.82, 2.24) is 69.8 Å². The molecule has 116 heavy (non-hydrogen) atoms. The van der Waals surface area contributed by atoms with Gasteiger partial charge in [0.2, 0.25) is 0 Å². The van der Waals surface area contributed by atoms with E-state index in [1.54, 1.807) is 0 Å². The summed E-state index contributed by atoms with van der Waals surface area (Å²) < 4.78 is 0. The predicted octanol–water partition coefficient (Wildman–Crippen LogP) is 24.4. The number of hydrogen-bond donors (Lipinski definition) is 0. The van der Waals surface area contributed by atoms with E-state index in [0.29, 0.717) is 0 Å². The summed E-state index contributed by atoms with van der Waals surface area (Å²) in [6, 6.07) is 110. The van der Waals surface area contributed by atoms with Gasteiger partial charge in [-0.1, -0.05) is 212 Å². The van der Waals surface area contributed by atoms with Gasteiger partial charge in [-0.05, 0) is 109 Å². The minimum Gasteiger partial charge on any atom is -0.254 e. The van der Waals surface area contributed by atoms with Crippen molar-refractivity contribution >= 4 is 153 Å². The second-order valence-electron chi connectivity index (χ2n) is 28.8. The lowest BCUT2D eigenvalue weighted by atomic mass is 9.97. The fourth-order valence-corrected chi connectivity index (χ4v) is 15.9. The summed E-state index contributed by atoms with van der Waals surface area (Å²) in [6.07, 6.45) is 12.7. The molecule has 0 N–H and O–H groups in total. The smallest absolute Gasteiger partial charge is 0.0972 e. The largest absolute Gasteiger partial charge is 0.254 e. The molecule has 0 fully saturated rings. The second kappa shape index (κ2) is 28.1. The molecule has 0 bridgehead atoms. The Morgan fingerprint density at radius 1 is 0.112 bits per heavy atom. The molecule has 0 unspecified atom stereocenters. The Hall–Kier alpha value is -16.1. The van der Waals surface area contributed by atoms with E-state index >= 15 is 0 Å². The monoisotopic (exact) mass is 1480 g/mol. The van der Waals surface area contributed by atoms with Gasteiger partial charge in [-0.3, -0.25) is 34.9 Å². The van der Waals surface area contributed by atoms with Crippen LogP contribution in [0.1, 0.15) is 0 Å².